The van der Waals surface area contributed by atoms with Crippen LogP contribution in [0, 0.1) is 35.5 Å². The van der Waals surface area contributed by atoms with Gasteiger partial charge in [-0.15, -0.1) is 0 Å². The molecule has 5 aromatic rings. The van der Waals surface area contributed by atoms with Crippen molar-refractivity contribution in [1.29, 1.82) is 0 Å². The van der Waals surface area contributed by atoms with Gasteiger partial charge in [0.25, 0.3) is 9.70 Å². The molecule has 22 N–H and O–H groups in total. The quantitative estimate of drug-likeness (QED) is 0.0311. The third-order valence-corrected chi connectivity index (χ3v) is 13.6. The first kappa shape index (κ1) is 60.4. The number of hydrogen-bond donors (Lipinski definition) is 14. The van der Waals surface area contributed by atoms with Crippen LogP contribution in [0.15, 0.2) is 70.9 Å². The van der Waals surface area contributed by atoms with Gasteiger partial charge in [-0.1, -0.05) is 60.1 Å². The van der Waals surface area contributed by atoms with Gasteiger partial charge in [0, 0.05) is 50.6 Å². The molecule has 27 heteroatoms. The number of fused-ring (bicyclic) bond motifs is 3. The van der Waals surface area contributed by atoms with Crippen molar-refractivity contribution in [2.75, 3.05) is 56.1 Å². The van der Waals surface area contributed by atoms with Gasteiger partial charge in [-0.2, -0.15) is 0 Å². The molecule has 0 aromatic carbocycles. The number of ether oxygens (including phenoxy) is 1. The van der Waals surface area contributed by atoms with Gasteiger partial charge in [0.1, 0.15) is 5.69 Å². The predicted octanol–water partition coefficient (Wildman–Crippen LogP) is 3.80. The Morgan fingerprint density at radius 1 is 0.630 bits per heavy atom. The smallest absolute Gasteiger partial charge is 0.338 e. The van der Waals surface area contributed by atoms with Gasteiger partial charge in [-0.25, -0.2) is 24.5 Å². The molecule has 0 radical (unpaired) electrons. The molecule has 0 fully saturated rings. The standard InChI is InChI=1S/C14H19BrN6O.2C9H17N5.C6H3BrCl3NO.C4H2O3.C4H6/c15-9-3-12(18-6-9)13(22)21-14-19-10-1-7(4-16)8(5-17)2-11(10)20-14;2*10-3-5-1-7-8(2-6(5)4-11)14-9(12)13-7;7-3-1-4(11-2-3)5(12)6(8,9)10;5-3-1-2-4(6)7-3;1-3-4-2/h3,6-8,18H,1-2,4-5,16-17H2,(H2,19,20,21,22);2*5-6H,1-4,10-11H2,(H3,12,13,14);1-2,11H;1-2H;3-4H,1-2H2/t7-,8-;5-,6+;5-,6-;;;/m1.1.../s1. The molecule has 398 valence electrons. The molecule has 5 aromatic heterocycles. The van der Waals surface area contributed by atoms with Crippen LogP contribution in [-0.4, -0.2) is 107 Å². The Morgan fingerprint density at radius 3 is 1.30 bits per heavy atom. The number of halogens is 5. The van der Waals surface area contributed by atoms with E-state index in [1.54, 1.807) is 36.7 Å². The van der Waals surface area contributed by atoms with E-state index in [4.69, 9.17) is 80.7 Å². The maximum Gasteiger partial charge on any atom is 0.338 e. The highest BCUT2D eigenvalue weighted by atomic mass is 79.9. The number of aromatic nitrogens is 8. The number of aromatic amines is 5. The van der Waals surface area contributed by atoms with Crippen LogP contribution in [0.1, 0.15) is 55.1 Å². The number of anilines is 3. The molecule has 6 atom stereocenters. The number of imidazole rings is 3. The maximum atomic E-state index is 12.1. The normalized spacial score (nSPS) is 20.2. The second-order valence-corrected chi connectivity index (χ2v) is 21.2. The van der Waals surface area contributed by atoms with Gasteiger partial charge >= 0.3 is 11.9 Å². The van der Waals surface area contributed by atoms with Gasteiger partial charge in [-0.05, 0) is 157 Å². The lowest BCUT2D eigenvalue weighted by molar-refractivity contribution is -0.150. The number of hydrogen-bond acceptors (Lipinski definition) is 16. The Hall–Kier alpha value is -5.12. The monoisotopic (exact) mass is 1200 g/mol. The molecule has 9 rings (SSSR count). The Balaban J connectivity index is 0.000000201. The number of nitrogens with one attached hydrogen (secondary N) is 6. The molecule has 0 spiro atoms. The lowest BCUT2D eigenvalue weighted by atomic mass is 9.80. The van der Waals surface area contributed by atoms with E-state index in [1.807, 2.05) is 0 Å². The summed E-state index contributed by atoms with van der Waals surface area (Å²) in [5.41, 5.74) is 52.9. The van der Waals surface area contributed by atoms with Gasteiger partial charge in [0.2, 0.25) is 11.7 Å². The van der Waals surface area contributed by atoms with Gasteiger partial charge in [-0.3, -0.25) is 14.9 Å². The molecular formula is C46H64Br2Cl3N17O5. The van der Waals surface area contributed by atoms with E-state index in [0.717, 1.165) is 93.8 Å². The van der Waals surface area contributed by atoms with Gasteiger partial charge < -0.3 is 75.5 Å². The second kappa shape index (κ2) is 29.1. The van der Waals surface area contributed by atoms with E-state index >= 15 is 0 Å². The number of nitrogen functional groups attached to an aromatic ring is 2. The van der Waals surface area contributed by atoms with E-state index in [2.05, 4.69) is 94.9 Å². The number of rotatable bonds is 10. The summed E-state index contributed by atoms with van der Waals surface area (Å²) >= 11 is 22.6. The minimum absolute atomic E-state index is 0.234. The lowest BCUT2D eigenvalue weighted by Gasteiger charge is -2.28. The van der Waals surface area contributed by atoms with Crippen LogP contribution in [0.4, 0.5) is 17.8 Å². The number of carbonyl (C=O) groups is 4. The van der Waals surface area contributed by atoms with Crippen LogP contribution in [-0.2, 0) is 52.9 Å². The molecule has 0 unspecified atom stereocenters. The first-order valence-electron chi connectivity index (χ1n) is 22.9. The van der Waals surface area contributed by atoms with Crippen LogP contribution in [0.3, 0.4) is 0 Å². The summed E-state index contributed by atoms with van der Waals surface area (Å²) in [6.45, 7) is 10.6. The minimum atomic E-state index is -1.90. The highest BCUT2D eigenvalue weighted by molar-refractivity contribution is 9.10. The summed E-state index contributed by atoms with van der Waals surface area (Å²) < 4.78 is 3.64. The number of Topliss-reactive ketones (excluding diaryl/α,β-unsaturated/α-hetero) is 1. The third kappa shape index (κ3) is 18.1. The Morgan fingerprint density at radius 2 is 0.986 bits per heavy atom. The average Bonchev–Trinajstić information content (AvgIpc) is 4.25. The van der Waals surface area contributed by atoms with Crippen molar-refractivity contribution in [3.05, 3.63) is 116 Å². The molecule has 1 aliphatic heterocycles. The Bertz CT molecular complexity index is 2480. The van der Waals surface area contributed by atoms with Crippen molar-refractivity contribution >= 4 is 108 Å². The van der Waals surface area contributed by atoms with Crippen molar-refractivity contribution in [2.24, 2.45) is 69.9 Å². The molecule has 73 heavy (non-hydrogen) atoms. The fourth-order valence-electron chi connectivity index (χ4n) is 8.27. The Kier molecular flexibility index (Phi) is 24.1. The molecule has 4 aliphatic rings. The van der Waals surface area contributed by atoms with Crippen LogP contribution in [0.5, 0.6) is 0 Å². The number of carbonyl (C=O) groups excluding carboxylic acids is 4. The first-order chi connectivity index (χ1) is 34.7. The number of ketones is 1. The molecule has 6 heterocycles. The van der Waals surface area contributed by atoms with Crippen LogP contribution < -0.4 is 51.2 Å². The topological polar surface area (TPSA) is 415 Å². The molecule has 0 bridgehead atoms. The maximum absolute atomic E-state index is 12.1. The Labute approximate surface area is 454 Å². The van der Waals surface area contributed by atoms with Gasteiger partial charge in [0.15, 0.2) is 11.9 Å². The zero-order chi connectivity index (χ0) is 54.0. The highest BCUT2D eigenvalue weighted by Crippen LogP contribution is 2.32. The minimum Gasteiger partial charge on any atom is -0.387 e. The number of amides is 1. The largest absolute Gasteiger partial charge is 0.387 e. The van der Waals surface area contributed by atoms with Crippen molar-refractivity contribution in [3.8, 4) is 0 Å². The summed E-state index contributed by atoms with van der Waals surface area (Å²) in [7, 11) is 0. The zero-order valence-corrected chi connectivity index (χ0v) is 45.3. The number of nitrogens with zero attached hydrogens (tertiary/aromatic N) is 3. The number of esters is 2. The van der Waals surface area contributed by atoms with E-state index in [0.29, 0.717) is 98.3 Å². The second-order valence-electron chi connectivity index (χ2n) is 17.1. The van der Waals surface area contributed by atoms with E-state index in [9.17, 15) is 19.2 Å². The van der Waals surface area contributed by atoms with E-state index < -0.39 is 21.5 Å². The first-order valence-corrected chi connectivity index (χ1v) is 25.6. The number of alkyl halides is 3. The van der Waals surface area contributed by atoms with Crippen molar-refractivity contribution in [1.82, 2.24) is 39.9 Å². The SMILES string of the molecule is C=CC=C.NC[C@@H]1Cc2[nH]c(N)nc2C[C@@H]1CN.NC[C@H]1Cc2nc(N)[nH]c2C[C@@H]1CN.NC[C@H]1Cc2nc(NC(=O)c3cc(Br)c[nH]3)[nH]c2C[C@@H]1CN.O=C(c1cc(Br)c[nH]1)C(Cl)(Cl)Cl.O=C1C=CC(=O)O1. The van der Waals surface area contributed by atoms with Gasteiger partial charge in [0.05, 0.1) is 22.8 Å². The molecule has 3 aliphatic carbocycles. The molecule has 1 amide bonds. The number of allylic oxidation sites excluding steroid dienone is 2. The van der Waals surface area contributed by atoms with Crippen molar-refractivity contribution in [2.45, 2.75) is 42.3 Å². The summed E-state index contributed by atoms with van der Waals surface area (Å²) in [5.74, 6) is 2.06. The summed E-state index contributed by atoms with van der Waals surface area (Å²) in [4.78, 5) is 71.0. The predicted molar refractivity (Wildman–Crippen MR) is 292 cm³/mol. The number of H-pyrrole nitrogens is 5. The van der Waals surface area contributed by atoms with E-state index in [1.165, 1.54) is 0 Å². The highest BCUT2D eigenvalue weighted by Gasteiger charge is 2.33. The van der Waals surface area contributed by atoms with Crippen LogP contribution in [0.25, 0.3) is 0 Å². The fourth-order valence-corrected chi connectivity index (χ4v) is 9.26. The lowest BCUT2D eigenvalue weighted by Crippen LogP contribution is -2.35. The van der Waals surface area contributed by atoms with Crippen molar-refractivity contribution < 1.29 is 23.9 Å². The molecule has 0 saturated heterocycles. The van der Waals surface area contributed by atoms with Crippen LogP contribution >= 0.6 is 66.7 Å². The average molecular weight is 1200 g/mol. The van der Waals surface area contributed by atoms with Crippen LogP contribution in [0.2, 0.25) is 0 Å². The fraction of sp³-hybridized carbons (Fsp3) is 0.413. The zero-order valence-electron chi connectivity index (χ0n) is 39.9. The number of nitrogens with two attached hydrogens (primary N) is 8. The van der Waals surface area contributed by atoms with Crippen molar-refractivity contribution in [3.63, 3.8) is 0 Å². The van der Waals surface area contributed by atoms with E-state index in [-0.39, 0.29) is 11.6 Å². The third-order valence-electron chi connectivity index (χ3n) is 12.2. The summed E-state index contributed by atoms with van der Waals surface area (Å²) in [6.07, 6.45) is 14.0. The molecular weight excluding hydrogens is 1140 g/mol. The molecule has 22 nitrogen and oxygen atoms in total. The molecule has 0 saturated carbocycles. The summed E-state index contributed by atoms with van der Waals surface area (Å²) in [6, 6.07) is 3.26. The summed E-state index contributed by atoms with van der Waals surface area (Å²) in [5, 5.41) is 2.77. The number of cyclic esters (lactones) is 2.